The molecule has 0 aliphatic carbocycles. The molecular formula is C17H20FNO. The molecule has 106 valence electrons. The molecule has 2 rings (SSSR count). The maximum absolute atomic E-state index is 14.1. The molecule has 0 saturated heterocycles. The van der Waals surface area contributed by atoms with Crippen LogP contribution in [0, 0.1) is 12.7 Å². The summed E-state index contributed by atoms with van der Waals surface area (Å²) in [6, 6.07) is 15.1. The van der Waals surface area contributed by atoms with Gasteiger partial charge < -0.3 is 10.1 Å². The van der Waals surface area contributed by atoms with E-state index < -0.39 is 0 Å². The van der Waals surface area contributed by atoms with Crippen molar-refractivity contribution >= 4 is 0 Å². The minimum atomic E-state index is -0.287. The van der Waals surface area contributed by atoms with Crippen molar-refractivity contribution in [1.29, 1.82) is 0 Å². The Balaban J connectivity index is 2.21. The molecule has 0 spiro atoms. The van der Waals surface area contributed by atoms with E-state index >= 15 is 0 Å². The maximum Gasteiger partial charge on any atom is 0.167 e. The van der Waals surface area contributed by atoms with E-state index in [2.05, 4.69) is 5.32 Å². The molecule has 2 nitrogen and oxygen atoms in total. The van der Waals surface area contributed by atoms with Crippen LogP contribution in [0.2, 0.25) is 0 Å². The molecular weight excluding hydrogens is 253 g/mol. The molecule has 0 saturated carbocycles. The van der Waals surface area contributed by atoms with Gasteiger partial charge in [0.25, 0.3) is 0 Å². The van der Waals surface area contributed by atoms with Crippen LogP contribution < -0.4 is 10.1 Å². The van der Waals surface area contributed by atoms with E-state index in [1.54, 1.807) is 19.1 Å². The number of rotatable bonds is 6. The van der Waals surface area contributed by atoms with Gasteiger partial charge in [0.05, 0.1) is 0 Å². The van der Waals surface area contributed by atoms with E-state index in [-0.39, 0.29) is 11.9 Å². The van der Waals surface area contributed by atoms with Crippen LogP contribution in [0.1, 0.15) is 24.2 Å². The zero-order valence-electron chi connectivity index (χ0n) is 11.9. The van der Waals surface area contributed by atoms with Crippen LogP contribution in [0.15, 0.2) is 48.5 Å². The number of halogens is 1. The van der Waals surface area contributed by atoms with Gasteiger partial charge in [-0.25, -0.2) is 4.39 Å². The molecule has 0 fully saturated rings. The Labute approximate surface area is 119 Å². The maximum atomic E-state index is 14.1. The third-order valence-electron chi connectivity index (χ3n) is 3.18. The van der Waals surface area contributed by atoms with Gasteiger partial charge >= 0.3 is 0 Å². The first kappa shape index (κ1) is 14.5. The second-order valence-electron chi connectivity index (χ2n) is 4.71. The summed E-state index contributed by atoms with van der Waals surface area (Å²) >= 11 is 0. The molecule has 3 heteroatoms. The molecule has 20 heavy (non-hydrogen) atoms. The van der Waals surface area contributed by atoms with Crippen LogP contribution in [-0.4, -0.2) is 13.1 Å². The Kier molecular flexibility index (Phi) is 5.13. The van der Waals surface area contributed by atoms with Gasteiger partial charge in [-0.15, -0.1) is 0 Å². The van der Waals surface area contributed by atoms with Gasteiger partial charge in [-0.1, -0.05) is 49.4 Å². The average Bonchev–Trinajstić information content (AvgIpc) is 2.48. The van der Waals surface area contributed by atoms with Crippen LogP contribution >= 0.6 is 0 Å². The summed E-state index contributed by atoms with van der Waals surface area (Å²) in [4.78, 5) is 0. The SMILES string of the molecule is CCNCC(Oc1cccc(C)c1F)c1ccccc1. The van der Waals surface area contributed by atoms with E-state index in [0.29, 0.717) is 17.9 Å². The van der Waals surface area contributed by atoms with Crippen molar-refractivity contribution in [1.82, 2.24) is 5.32 Å². The van der Waals surface area contributed by atoms with E-state index in [9.17, 15) is 4.39 Å². The minimum Gasteiger partial charge on any atom is -0.481 e. The van der Waals surface area contributed by atoms with Crippen molar-refractivity contribution in [2.75, 3.05) is 13.1 Å². The van der Waals surface area contributed by atoms with Gasteiger partial charge in [0.1, 0.15) is 6.10 Å². The molecule has 2 aromatic carbocycles. The molecule has 2 aromatic rings. The summed E-state index contributed by atoms with van der Waals surface area (Å²) in [6.07, 6.45) is -0.201. The molecule has 0 amide bonds. The molecule has 0 aliphatic heterocycles. The van der Waals surface area contributed by atoms with Crippen LogP contribution in [0.4, 0.5) is 4.39 Å². The van der Waals surface area contributed by atoms with Gasteiger partial charge in [0, 0.05) is 6.54 Å². The lowest BCUT2D eigenvalue weighted by atomic mass is 10.1. The number of benzene rings is 2. The zero-order valence-corrected chi connectivity index (χ0v) is 11.9. The van der Waals surface area contributed by atoms with Crippen molar-refractivity contribution in [3.05, 3.63) is 65.5 Å². The molecule has 1 atom stereocenters. The average molecular weight is 273 g/mol. The van der Waals surface area contributed by atoms with Crippen molar-refractivity contribution in [2.24, 2.45) is 0 Å². The lowest BCUT2D eigenvalue weighted by Gasteiger charge is -2.20. The normalized spacial score (nSPS) is 12.2. The van der Waals surface area contributed by atoms with Gasteiger partial charge in [-0.2, -0.15) is 0 Å². The molecule has 0 radical (unpaired) electrons. The Hall–Kier alpha value is -1.87. The van der Waals surface area contributed by atoms with Crippen molar-refractivity contribution in [2.45, 2.75) is 20.0 Å². The van der Waals surface area contributed by atoms with Gasteiger partial charge in [-0.3, -0.25) is 0 Å². The first-order valence-corrected chi connectivity index (χ1v) is 6.89. The van der Waals surface area contributed by atoms with Crippen LogP contribution in [0.5, 0.6) is 5.75 Å². The Morgan fingerprint density at radius 1 is 1.10 bits per heavy atom. The third kappa shape index (κ3) is 3.58. The highest BCUT2D eigenvalue weighted by molar-refractivity contribution is 5.31. The molecule has 0 aliphatic rings. The Morgan fingerprint density at radius 3 is 2.55 bits per heavy atom. The summed E-state index contributed by atoms with van der Waals surface area (Å²) in [5, 5.41) is 3.25. The Bertz CT molecular complexity index is 542. The highest BCUT2D eigenvalue weighted by Crippen LogP contribution is 2.26. The van der Waals surface area contributed by atoms with E-state index in [1.165, 1.54) is 0 Å². The summed E-state index contributed by atoms with van der Waals surface area (Å²) in [5.74, 6) is 0.0154. The smallest absolute Gasteiger partial charge is 0.167 e. The number of hydrogen-bond acceptors (Lipinski definition) is 2. The Morgan fingerprint density at radius 2 is 1.85 bits per heavy atom. The minimum absolute atomic E-state index is 0.201. The molecule has 0 heterocycles. The summed E-state index contributed by atoms with van der Waals surface area (Å²) in [6.45, 7) is 5.27. The molecule has 1 unspecified atom stereocenters. The second-order valence-corrected chi connectivity index (χ2v) is 4.71. The predicted octanol–water partition coefficient (Wildman–Crippen LogP) is 3.86. The highest BCUT2D eigenvalue weighted by Gasteiger charge is 2.15. The fourth-order valence-corrected chi connectivity index (χ4v) is 2.04. The highest BCUT2D eigenvalue weighted by atomic mass is 19.1. The van der Waals surface area contributed by atoms with Crippen LogP contribution in [0.25, 0.3) is 0 Å². The monoisotopic (exact) mass is 273 g/mol. The predicted molar refractivity (Wildman–Crippen MR) is 79.5 cm³/mol. The van der Waals surface area contributed by atoms with Crippen LogP contribution in [0.3, 0.4) is 0 Å². The first-order valence-electron chi connectivity index (χ1n) is 6.89. The number of aryl methyl sites for hydroxylation is 1. The van der Waals surface area contributed by atoms with Crippen molar-refractivity contribution in [3.63, 3.8) is 0 Å². The van der Waals surface area contributed by atoms with Crippen LogP contribution in [-0.2, 0) is 0 Å². The van der Waals surface area contributed by atoms with E-state index in [4.69, 9.17) is 4.74 Å². The standard InChI is InChI=1S/C17H20FNO/c1-3-19-12-16(14-9-5-4-6-10-14)20-15-11-7-8-13(2)17(15)18/h4-11,16,19H,3,12H2,1-2H3. The van der Waals surface area contributed by atoms with Crippen molar-refractivity contribution in [3.8, 4) is 5.75 Å². The van der Waals surface area contributed by atoms with E-state index in [1.807, 2.05) is 43.3 Å². The van der Waals surface area contributed by atoms with E-state index in [0.717, 1.165) is 12.1 Å². The van der Waals surface area contributed by atoms with Gasteiger partial charge in [0.2, 0.25) is 0 Å². The fraction of sp³-hybridized carbons (Fsp3) is 0.294. The second kappa shape index (κ2) is 7.06. The third-order valence-corrected chi connectivity index (χ3v) is 3.18. The van der Waals surface area contributed by atoms with Gasteiger partial charge in [-0.05, 0) is 30.7 Å². The topological polar surface area (TPSA) is 21.3 Å². The molecule has 0 bridgehead atoms. The molecule has 1 N–H and O–H groups in total. The summed E-state index contributed by atoms with van der Waals surface area (Å²) < 4.78 is 19.9. The first-order chi connectivity index (χ1) is 9.72. The summed E-state index contributed by atoms with van der Waals surface area (Å²) in [5.41, 5.74) is 1.63. The van der Waals surface area contributed by atoms with Crippen molar-refractivity contribution < 1.29 is 9.13 Å². The lowest BCUT2D eigenvalue weighted by Crippen LogP contribution is -2.25. The quantitative estimate of drug-likeness (QED) is 0.862. The zero-order chi connectivity index (χ0) is 14.4. The summed E-state index contributed by atoms with van der Waals surface area (Å²) in [7, 11) is 0. The largest absolute Gasteiger partial charge is 0.481 e. The number of ether oxygens (including phenoxy) is 1. The number of nitrogens with one attached hydrogen (secondary N) is 1. The molecule has 0 aromatic heterocycles. The van der Waals surface area contributed by atoms with Gasteiger partial charge in [0.15, 0.2) is 11.6 Å². The number of hydrogen-bond donors (Lipinski definition) is 1. The fourth-order valence-electron chi connectivity index (χ4n) is 2.04. The number of likely N-dealkylation sites (N-methyl/N-ethyl adjacent to an activating group) is 1. The lowest BCUT2D eigenvalue weighted by molar-refractivity contribution is 0.193.